The highest BCUT2D eigenvalue weighted by Crippen LogP contribution is 2.28. The third-order valence-corrected chi connectivity index (χ3v) is 3.51. The number of nitrogens with two attached hydrogens (primary N) is 2. The lowest BCUT2D eigenvalue weighted by atomic mass is 10.0. The van der Waals surface area contributed by atoms with Gasteiger partial charge >= 0.3 is 17.6 Å². The van der Waals surface area contributed by atoms with Gasteiger partial charge in [-0.15, -0.1) is 0 Å². The Labute approximate surface area is 129 Å². The number of benzene rings is 1. The van der Waals surface area contributed by atoms with Crippen molar-refractivity contribution in [1.82, 2.24) is 4.98 Å². The van der Waals surface area contributed by atoms with Crippen LogP contribution in [0.25, 0.3) is 10.9 Å². The summed E-state index contributed by atoms with van der Waals surface area (Å²) in [5.74, 6) is -4.20. The first-order valence-electron chi connectivity index (χ1n) is 6.66. The zero-order valence-electron chi connectivity index (χ0n) is 12.2. The van der Waals surface area contributed by atoms with E-state index in [1.807, 2.05) is 0 Å². The Morgan fingerprint density at radius 2 is 2.00 bits per heavy atom. The maximum atomic E-state index is 12.1. The quantitative estimate of drug-likeness (QED) is 0.578. The Morgan fingerprint density at radius 3 is 2.57 bits per heavy atom. The highest BCUT2D eigenvalue weighted by Gasteiger charge is 2.26. The molecule has 1 unspecified atom stereocenters. The van der Waals surface area contributed by atoms with Crippen molar-refractivity contribution in [2.75, 3.05) is 11.5 Å². The van der Waals surface area contributed by atoms with Gasteiger partial charge in [-0.1, -0.05) is 0 Å². The van der Waals surface area contributed by atoms with Gasteiger partial charge in [0.1, 0.15) is 5.92 Å². The molecule has 0 bridgehead atoms. The van der Waals surface area contributed by atoms with Gasteiger partial charge in [-0.25, -0.2) is 9.78 Å². The van der Waals surface area contributed by atoms with Crippen LogP contribution < -0.4 is 17.1 Å². The Hall–Kier alpha value is -3.10. The third-order valence-electron chi connectivity index (χ3n) is 3.51. The Balaban J connectivity index is 2.62. The summed E-state index contributed by atoms with van der Waals surface area (Å²) in [6.07, 6.45) is -0.654. The van der Waals surface area contributed by atoms with Crippen LogP contribution >= 0.6 is 0 Å². The van der Waals surface area contributed by atoms with Gasteiger partial charge in [0.15, 0.2) is 0 Å². The molecule has 0 saturated carbocycles. The Bertz CT molecular complexity index is 858. The fourth-order valence-corrected chi connectivity index (χ4v) is 2.24. The van der Waals surface area contributed by atoms with Crippen LogP contribution in [0.2, 0.25) is 0 Å². The minimum Gasteiger partial charge on any atom is -0.481 e. The molecular weight excluding hydrogens is 306 g/mol. The minimum absolute atomic E-state index is 0.114. The second-order valence-electron chi connectivity index (χ2n) is 5.06. The number of anilines is 2. The van der Waals surface area contributed by atoms with Gasteiger partial charge in [0.25, 0.3) is 0 Å². The summed E-state index contributed by atoms with van der Waals surface area (Å²) in [5, 5.41) is 18.0. The molecule has 1 aromatic carbocycles. The van der Waals surface area contributed by atoms with Crippen molar-refractivity contribution in [3.8, 4) is 0 Å². The van der Waals surface area contributed by atoms with Crippen LogP contribution in [0.1, 0.15) is 30.2 Å². The second-order valence-corrected chi connectivity index (χ2v) is 5.06. The molecule has 6 N–H and O–H groups in total. The first-order chi connectivity index (χ1) is 10.7. The van der Waals surface area contributed by atoms with Gasteiger partial charge in [-0.3, -0.25) is 9.59 Å². The highest BCUT2D eigenvalue weighted by molar-refractivity contribution is 5.91. The number of carbonyl (C=O) groups is 2. The number of hydrogen-bond acceptors (Lipinski definition) is 7. The van der Waals surface area contributed by atoms with Gasteiger partial charge < -0.3 is 26.1 Å². The number of carboxylic acids is 2. The predicted molar refractivity (Wildman–Crippen MR) is 81.1 cm³/mol. The van der Waals surface area contributed by atoms with Gasteiger partial charge in [0, 0.05) is 6.42 Å². The first kappa shape index (κ1) is 16.3. The number of aliphatic carboxylic acids is 2. The number of nitrogen functional groups attached to an aromatic ring is 2. The highest BCUT2D eigenvalue weighted by atomic mass is 16.4. The molecule has 0 aliphatic carbocycles. The number of fused-ring (bicyclic) bond motifs is 1. The molecule has 2 aromatic rings. The van der Waals surface area contributed by atoms with Crippen molar-refractivity contribution in [3.63, 3.8) is 0 Å². The van der Waals surface area contributed by atoms with Gasteiger partial charge in [-0.05, 0) is 25.0 Å². The summed E-state index contributed by atoms with van der Waals surface area (Å²) in [6.45, 7) is 1.57. The van der Waals surface area contributed by atoms with Crippen molar-refractivity contribution in [1.29, 1.82) is 0 Å². The minimum atomic E-state index is -1.35. The van der Waals surface area contributed by atoms with E-state index in [0.717, 1.165) is 0 Å². The lowest BCUT2D eigenvalue weighted by Crippen LogP contribution is -2.18. The fourth-order valence-electron chi connectivity index (χ4n) is 2.24. The summed E-state index contributed by atoms with van der Waals surface area (Å²) in [4.78, 5) is 38.1. The zero-order valence-corrected chi connectivity index (χ0v) is 12.2. The topological polar surface area (TPSA) is 170 Å². The third kappa shape index (κ3) is 3.07. The average molecular weight is 321 g/mol. The van der Waals surface area contributed by atoms with Gasteiger partial charge in [-0.2, -0.15) is 0 Å². The average Bonchev–Trinajstić information content (AvgIpc) is 2.43. The number of nitrogens with zero attached hydrogens (tertiary/aromatic N) is 1. The fraction of sp³-hybridized carbons (Fsp3) is 0.286. The van der Waals surface area contributed by atoms with Crippen molar-refractivity contribution in [2.24, 2.45) is 0 Å². The van der Waals surface area contributed by atoms with E-state index in [0.29, 0.717) is 5.56 Å². The molecule has 0 aliphatic heterocycles. The summed E-state index contributed by atoms with van der Waals surface area (Å²) in [6, 6.07) is 1.36. The van der Waals surface area contributed by atoms with E-state index in [1.54, 1.807) is 6.92 Å². The van der Waals surface area contributed by atoms with Crippen LogP contribution in [0.5, 0.6) is 0 Å². The largest absolute Gasteiger partial charge is 0.481 e. The van der Waals surface area contributed by atoms with Crippen molar-refractivity contribution >= 4 is 34.2 Å². The van der Waals surface area contributed by atoms with E-state index in [4.69, 9.17) is 21.0 Å². The molecule has 0 spiro atoms. The summed E-state index contributed by atoms with van der Waals surface area (Å²) >= 11 is 0. The number of carboxylic acid groups (broad SMARTS) is 2. The van der Waals surface area contributed by atoms with Crippen molar-refractivity contribution < 1.29 is 24.2 Å². The predicted octanol–water partition coefficient (Wildman–Crippen LogP) is 0.694. The van der Waals surface area contributed by atoms with Crippen LogP contribution in [-0.4, -0.2) is 27.1 Å². The van der Waals surface area contributed by atoms with E-state index in [2.05, 4.69) is 4.98 Å². The summed E-state index contributed by atoms with van der Waals surface area (Å²) < 4.78 is 4.99. The second kappa shape index (κ2) is 5.95. The molecule has 0 fully saturated rings. The zero-order chi connectivity index (χ0) is 17.3. The molecule has 0 radical (unpaired) electrons. The monoisotopic (exact) mass is 321 g/mol. The number of hydrogen-bond donors (Lipinski definition) is 4. The van der Waals surface area contributed by atoms with Crippen LogP contribution in [-0.2, 0) is 9.59 Å². The molecule has 9 heteroatoms. The van der Waals surface area contributed by atoms with Gasteiger partial charge in [0.05, 0.1) is 22.3 Å². The molecule has 1 aromatic heterocycles. The van der Waals surface area contributed by atoms with E-state index in [-0.39, 0.29) is 34.6 Å². The molecule has 0 aliphatic rings. The smallest absolute Gasteiger partial charge is 0.347 e. The maximum absolute atomic E-state index is 12.1. The Morgan fingerprint density at radius 1 is 1.35 bits per heavy atom. The summed E-state index contributed by atoms with van der Waals surface area (Å²) in [7, 11) is 0. The summed E-state index contributed by atoms with van der Waals surface area (Å²) in [5.41, 5.74) is 11.7. The maximum Gasteiger partial charge on any atom is 0.347 e. The number of aryl methyl sites for hydroxylation is 1. The van der Waals surface area contributed by atoms with Crippen LogP contribution in [0, 0.1) is 6.92 Å². The lowest BCUT2D eigenvalue weighted by Gasteiger charge is -2.12. The van der Waals surface area contributed by atoms with Crippen molar-refractivity contribution in [2.45, 2.75) is 25.7 Å². The molecule has 122 valence electrons. The van der Waals surface area contributed by atoms with Crippen LogP contribution in [0.3, 0.4) is 0 Å². The first-order valence-corrected chi connectivity index (χ1v) is 6.66. The molecule has 1 heterocycles. The number of aromatic nitrogens is 1. The lowest BCUT2D eigenvalue weighted by molar-refractivity contribution is -0.140. The standard InChI is InChI=1S/C14H15N3O6/c1-5-10-8(4-7(15)11(5)16)17-12(23-14(10)22)6(13(20)21)2-3-9(18)19/h4,6H,2-3,15-16H2,1H3,(H,18,19)(H,20,21). The van der Waals surface area contributed by atoms with E-state index < -0.39 is 29.9 Å². The molecule has 0 amide bonds. The Kier molecular flexibility index (Phi) is 4.21. The molecule has 2 rings (SSSR count). The molecule has 23 heavy (non-hydrogen) atoms. The van der Waals surface area contributed by atoms with Crippen LogP contribution in [0.4, 0.5) is 11.4 Å². The van der Waals surface area contributed by atoms with Crippen molar-refractivity contribution in [3.05, 3.63) is 27.9 Å². The molecule has 9 nitrogen and oxygen atoms in total. The SMILES string of the molecule is Cc1c(N)c(N)cc2nc(C(CCC(=O)O)C(=O)O)oc(=O)c12. The van der Waals surface area contributed by atoms with E-state index >= 15 is 0 Å². The van der Waals surface area contributed by atoms with E-state index in [1.165, 1.54) is 6.07 Å². The van der Waals surface area contributed by atoms with Gasteiger partial charge in [0.2, 0.25) is 5.89 Å². The van der Waals surface area contributed by atoms with E-state index in [9.17, 15) is 19.5 Å². The van der Waals surface area contributed by atoms with Crippen LogP contribution in [0.15, 0.2) is 15.3 Å². The molecular formula is C14H15N3O6. The molecule has 0 saturated heterocycles. The normalized spacial score (nSPS) is 12.2. The molecule has 1 atom stereocenters. The number of rotatable bonds is 5.